The van der Waals surface area contributed by atoms with Crippen LogP contribution in [0.15, 0.2) is 42.6 Å². The predicted octanol–water partition coefficient (Wildman–Crippen LogP) is 4.83. The van der Waals surface area contributed by atoms with Crippen molar-refractivity contribution in [2.75, 3.05) is 10.2 Å². The van der Waals surface area contributed by atoms with Gasteiger partial charge in [-0.05, 0) is 18.2 Å². The monoisotopic (exact) mass is 463 g/mol. The van der Waals surface area contributed by atoms with Crippen LogP contribution in [0.4, 0.5) is 33.3 Å². The molecule has 0 radical (unpaired) electrons. The Morgan fingerprint density at radius 3 is 2.30 bits per heavy atom. The van der Waals surface area contributed by atoms with Crippen molar-refractivity contribution in [3.05, 3.63) is 77.2 Å². The average Bonchev–Trinajstić information content (AvgIpc) is 2.99. The molecule has 0 saturated heterocycles. The fraction of sp³-hybridized carbons (Fsp3) is 0.136. The number of carbonyl (C=O) groups is 2. The zero-order chi connectivity index (χ0) is 23.7. The summed E-state index contributed by atoms with van der Waals surface area (Å²) < 4.78 is 73.1. The van der Waals surface area contributed by atoms with Gasteiger partial charge in [0.05, 0.1) is 6.54 Å². The molecule has 1 aliphatic rings. The van der Waals surface area contributed by atoms with Crippen LogP contribution >= 0.6 is 0 Å². The van der Waals surface area contributed by atoms with Gasteiger partial charge in [0.1, 0.15) is 17.1 Å². The molecule has 2 aromatic carbocycles. The van der Waals surface area contributed by atoms with Gasteiger partial charge in [-0.2, -0.15) is 0 Å². The van der Waals surface area contributed by atoms with Gasteiger partial charge in [0.15, 0.2) is 23.3 Å². The Labute approximate surface area is 183 Å². The van der Waals surface area contributed by atoms with E-state index in [1.54, 1.807) is 41.7 Å². The second kappa shape index (κ2) is 8.85. The SMILES string of the molecule is O=C(CCC(=O)N1Cc2ccccc2Oc2ncccc21)Nc1c(F)c(F)c(F)c(F)c1F. The van der Waals surface area contributed by atoms with Crippen molar-refractivity contribution in [2.24, 2.45) is 0 Å². The number of nitrogens with zero attached hydrogens (tertiary/aromatic N) is 2. The van der Waals surface area contributed by atoms with Crippen LogP contribution in [0.1, 0.15) is 18.4 Å². The van der Waals surface area contributed by atoms with E-state index in [2.05, 4.69) is 4.98 Å². The quantitative estimate of drug-likeness (QED) is 0.342. The van der Waals surface area contributed by atoms with Gasteiger partial charge >= 0.3 is 0 Å². The lowest BCUT2D eigenvalue weighted by molar-refractivity contribution is -0.122. The molecule has 2 heterocycles. The first-order chi connectivity index (χ1) is 15.8. The lowest BCUT2D eigenvalue weighted by atomic mass is 10.1. The number of amides is 2. The van der Waals surface area contributed by atoms with Crippen LogP contribution in [-0.2, 0) is 16.1 Å². The highest BCUT2D eigenvalue weighted by Crippen LogP contribution is 2.37. The van der Waals surface area contributed by atoms with Gasteiger partial charge < -0.3 is 15.0 Å². The molecule has 11 heteroatoms. The predicted molar refractivity (Wildman–Crippen MR) is 106 cm³/mol. The van der Waals surface area contributed by atoms with E-state index in [9.17, 15) is 31.5 Å². The lowest BCUT2D eigenvalue weighted by Gasteiger charge is -2.21. The van der Waals surface area contributed by atoms with Gasteiger partial charge in [0.25, 0.3) is 0 Å². The topological polar surface area (TPSA) is 71.5 Å². The molecule has 3 aromatic rings. The zero-order valence-electron chi connectivity index (χ0n) is 16.7. The van der Waals surface area contributed by atoms with Gasteiger partial charge in [0.2, 0.25) is 23.5 Å². The van der Waals surface area contributed by atoms with Gasteiger partial charge in [-0.25, -0.2) is 26.9 Å². The normalized spacial score (nSPS) is 12.3. The van der Waals surface area contributed by atoms with Crippen molar-refractivity contribution in [2.45, 2.75) is 19.4 Å². The maximum absolute atomic E-state index is 13.8. The molecule has 1 aliphatic heterocycles. The van der Waals surface area contributed by atoms with Crippen molar-refractivity contribution in [3.63, 3.8) is 0 Å². The number of hydrogen-bond donors (Lipinski definition) is 1. The Balaban J connectivity index is 1.51. The number of halogens is 5. The number of aromatic nitrogens is 1. The van der Waals surface area contributed by atoms with Gasteiger partial charge in [0, 0.05) is 24.6 Å². The zero-order valence-corrected chi connectivity index (χ0v) is 16.7. The second-order valence-corrected chi connectivity index (χ2v) is 7.01. The molecule has 0 atom stereocenters. The Morgan fingerprint density at radius 1 is 0.909 bits per heavy atom. The van der Waals surface area contributed by atoms with Crippen molar-refractivity contribution >= 4 is 23.2 Å². The molecule has 0 unspecified atom stereocenters. The van der Waals surface area contributed by atoms with E-state index in [-0.39, 0.29) is 12.4 Å². The first-order valence-corrected chi connectivity index (χ1v) is 9.60. The molecular weight excluding hydrogens is 449 g/mol. The highest BCUT2D eigenvalue weighted by atomic mass is 19.2. The highest BCUT2D eigenvalue weighted by molar-refractivity contribution is 5.99. The first-order valence-electron chi connectivity index (χ1n) is 9.60. The number of carbonyl (C=O) groups excluding carboxylic acids is 2. The smallest absolute Gasteiger partial charge is 0.243 e. The molecular formula is C22H14F5N3O3. The number of fused-ring (bicyclic) bond motifs is 2. The molecule has 0 spiro atoms. The number of nitrogens with one attached hydrogen (secondary N) is 1. The van der Waals surface area contributed by atoms with Crippen LogP contribution in [0, 0.1) is 29.1 Å². The van der Waals surface area contributed by atoms with Crippen LogP contribution in [0.3, 0.4) is 0 Å². The van der Waals surface area contributed by atoms with E-state index in [0.29, 0.717) is 17.0 Å². The summed E-state index contributed by atoms with van der Waals surface area (Å²) in [6.07, 6.45) is 0.484. The molecule has 2 amide bonds. The molecule has 170 valence electrons. The fourth-order valence-corrected chi connectivity index (χ4v) is 3.25. The third-order valence-electron chi connectivity index (χ3n) is 4.89. The first kappa shape index (κ1) is 22.2. The van der Waals surface area contributed by atoms with Crippen molar-refractivity contribution in [1.29, 1.82) is 0 Å². The lowest BCUT2D eigenvalue weighted by Crippen LogP contribution is -2.31. The number of rotatable bonds is 4. The summed E-state index contributed by atoms with van der Waals surface area (Å²) in [5.74, 6) is -12.0. The van der Waals surface area contributed by atoms with Gasteiger partial charge in [-0.15, -0.1) is 0 Å². The van der Waals surface area contributed by atoms with Crippen LogP contribution in [0.5, 0.6) is 11.6 Å². The molecule has 1 aromatic heterocycles. The van der Waals surface area contributed by atoms with Gasteiger partial charge in [-0.3, -0.25) is 9.59 Å². The summed E-state index contributed by atoms with van der Waals surface area (Å²) in [7, 11) is 0. The largest absolute Gasteiger partial charge is 0.437 e. The summed E-state index contributed by atoms with van der Waals surface area (Å²) in [6.45, 7) is 0.104. The molecule has 4 rings (SSSR count). The molecule has 1 N–H and O–H groups in total. The van der Waals surface area contributed by atoms with E-state index in [1.807, 2.05) is 0 Å². The average molecular weight is 463 g/mol. The number of anilines is 2. The standard InChI is InChI=1S/C22H14F5N3O3/c23-16-17(24)19(26)21(20(27)18(16)25)29-14(31)7-8-15(32)30-10-11-4-1-2-6-13(11)33-22-12(30)5-3-9-28-22/h1-6,9H,7-8,10H2,(H,29,31). The number of hydrogen-bond acceptors (Lipinski definition) is 4. The fourth-order valence-electron chi connectivity index (χ4n) is 3.25. The summed E-state index contributed by atoms with van der Waals surface area (Å²) >= 11 is 0. The number of pyridine rings is 1. The van der Waals surface area contributed by atoms with E-state index >= 15 is 0 Å². The minimum Gasteiger partial charge on any atom is -0.437 e. The minimum absolute atomic E-state index is 0.104. The van der Waals surface area contributed by atoms with Crippen molar-refractivity contribution < 1.29 is 36.3 Å². The maximum atomic E-state index is 13.8. The van der Waals surface area contributed by atoms with E-state index < -0.39 is 59.4 Å². The number of ether oxygens (including phenoxy) is 1. The summed E-state index contributed by atoms with van der Waals surface area (Å²) in [5.41, 5.74) is -0.455. The number of benzene rings is 2. The molecule has 0 aliphatic carbocycles. The van der Waals surface area contributed by atoms with Crippen LogP contribution in [-0.4, -0.2) is 16.8 Å². The van der Waals surface area contributed by atoms with E-state index in [4.69, 9.17) is 4.74 Å². The number of para-hydroxylation sites is 1. The van der Waals surface area contributed by atoms with Crippen LogP contribution < -0.4 is 15.0 Å². The molecule has 33 heavy (non-hydrogen) atoms. The van der Waals surface area contributed by atoms with Crippen molar-refractivity contribution in [3.8, 4) is 11.6 Å². The maximum Gasteiger partial charge on any atom is 0.243 e. The molecule has 0 saturated carbocycles. The third-order valence-corrected chi connectivity index (χ3v) is 4.89. The van der Waals surface area contributed by atoms with Gasteiger partial charge in [-0.1, -0.05) is 18.2 Å². The van der Waals surface area contributed by atoms with E-state index in [0.717, 1.165) is 0 Å². The summed E-state index contributed by atoms with van der Waals surface area (Å²) in [4.78, 5) is 30.5. The summed E-state index contributed by atoms with van der Waals surface area (Å²) in [5, 5.41) is 1.65. The van der Waals surface area contributed by atoms with Crippen LogP contribution in [0.25, 0.3) is 0 Å². The highest BCUT2D eigenvalue weighted by Gasteiger charge is 2.28. The molecule has 0 fully saturated rings. The second-order valence-electron chi connectivity index (χ2n) is 7.01. The Kier molecular flexibility index (Phi) is 5.95. The molecule has 6 nitrogen and oxygen atoms in total. The van der Waals surface area contributed by atoms with E-state index in [1.165, 1.54) is 11.1 Å². The Bertz CT molecular complexity index is 1240. The Morgan fingerprint density at radius 2 is 1.58 bits per heavy atom. The summed E-state index contributed by atoms with van der Waals surface area (Å²) in [6, 6.07) is 10.2. The van der Waals surface area contributed by atoms with Crippen molar-refractivity contribution in [1.82, 2.24) is 4.98 Å². The Hall–Kier alpha value is -4.02. The third kappa shape index (κ3) is 4.21. The van der Waals surface area contributed by atoms with Crippen LogP contribution in [0.2, 0.25) is 0 Å². The molecule has 0 bridgehead atoms. The minimum atomic E-state index is -2.34.